The average Bonchev–Trinajstić information content (AvgIpc) is 2.27. The Morgan fingerprint density at radius 1 is 1.42 bits per heavy atom. The maximum absolute atomic E-state index is 11.6. The lowest BCUT2D eigenvalue weighted by Crippen LogP contribution is -2.52. The number of pyridine rings is 1. The fourth-order valence-electron chi connectivity index (χ4n) is 1.61. The monoisotopic (exact) mass is 265 g/mol. The average molecular weight is 265 g/mol. The fraction of sp³-hybridized carbons (Fsp3) is 0.462. The van der Waals surface area contributed by atoms with Crippen LogP contribution in [0.3, 0.4) is 0 Å². The molecular weight excluding hydrogens is 246 g/mol. The van der Waals surface area contributed by atoms with Gasteiger partial charge in [-0.05, 0) is 31.9 Å². The highest BCUT2D eigenvalue weighted by atomic mass is 16.4. The molecule has 0 saturated heterocycles. The molecule has 1 rings (SSSR count). The molecule has 0 fully saturated rings. The van der Waals surface area contributed by atoms with E-state index in [2.05, 4.69) is 10.3 Å². The number of aromatic carboxylic acids is 1. The van der Waals surface area contributed by atoms with Gasteiger partial charge in [0.25, 0.3) is 0 Å². The van der Waals surface area contributed by atoms with Crippen molar-refractivity contribution < 1.29 is 14.7 Å². The van der Waals surface area contributed by atoms with Gasteiger partial charge in [-0.15, -0.1) is 0 Å². The summed E-state index contributed by atoms with van der Waals surface area (Å²) in [6.07, 6.45) is 0. The number of nitrogens with zero attached hydrogens (tertiary/aromatic N) is 1. The summed E-state index contributed by atoms with van der Waals surface area (Å²) in [5, 5.41) is 11.9. The van der Waals surface area contributed by atoms with Gasteiger partial charge < -0.3 is 16.2 Å². The third-order valence-electron chi connectivity index (χ3n) is 3.25. The Hall–Kier alpha value is -2.11. The van der Waals surface area contributed by atoms with Crippen molar-refractivity contribution >= 4 is 17.7 Å². The highest BCUT2D eigenvalue weighted by Crippen LogP contribution is 2.22. The van der Waals surface area contributed by atoms with Crippen molar-refractivity contribution in [3.8, 4) is 0 Å². The minimum atomic E-state index is -1.04. The molecule has 0 bridgehead atoms. The molecule has 1 aromatic heterocycles. The SMILES string of the molecule is Cc1cc(C(=O)O)cc(NC(C)(C(N)=O)C(C)C)n1. The van der Waals surface area contributed by atoms with Gasteiger partial charge in [-0.3, -0.25) is 4.79 Å². The van der Waals surface area contributed by atoms with E-state index in [0.29, 0.717) is 11.5 Å². The van der Waals surface area contributed by atoms with Crippen LogP contribution in [0.25, 0.3) is 0 Å². The van der Waals surface area contributed by atoms with Crippen LogP contribution in [-0.4, -0.2) is 27.5 Å². The molecule has 0 saturated carbocycles. The Labute approximate surface area is 112 Å². The second kappa shape index (κ2) is 5.26. The molecule has 6 nitrogen and oxygen atoms in total. The molecule has 0 aromatic carbocycles. The molecule has 0 aliphatic rings. The van der Waals surface area contributed by atoms with Crippen LogP contribution < -0.4 is 11.1 Å². The van der Waals surface area contributed by atoms with Gasteiger partial charge in [-0.2, -0.15) is 0 Å². The van der Waals surface area contributed by atoms with E-state index in [1.165, 1.54) is 12.1 Å². The molecule has 19 heavy (non-hydrogen) atoms. The Morgan fingerprint density at radius 2 is 2.00 bits per heavy atom. The molecule has 0 spiro atoms. The number of carboxylic acids is 1. The summed E-state index contributed by atoms with van der Waals surface area (Å²) in [5.41, 5.74) is 5.09. The van der Waals surface area contributed by atoms with Gasteiger partial charge in [-0.25, -0.2) is 9.78 Å². The first-order valence-corrected chi connectivity index (χ1v) is 5.97. The van der Waals surface area contributed by atoms with Crippen LogP contribution in [0.2, 0.25) is 0 Å². The Morgan fingerprint density at radius 3 is 2.42 bits per heavy atom. The van der Waals surface area contributed by atoms with Crippen LogP contribution in [0, 0.1) is 12.8 Å². The number of aromatic nitrogens is 1. The van der Waals surface area contributed by atoms with E-state index in [9.17, 15) is 9.59 Å². The number of primary amides is 1. The van der Waals surface area contributed by atoms with E-state index < -0.39 is 17.4 Å². The van der Waals surface area contributed by atoms with Crippen LogP contribution in [-0.2, 0) is 4.79 Å². The van der Waals surface area contributed by atoms with Gasteiger partial charge in [-0.1, -0.05) is 13.8 Å². The van der Waals surface area contributed by atoms with Crippen LogP contribution in [0.15, 0.2) is 12.1 Å². The van der Waals surface area contributed by atoms with E-state index >= 15 is 0 Å². The molecule has 1 aromatic rings. The number of aryl methyl sites for hydroxylation is 1. The summed E-state index contributed by atoms with van der Waals surface area (Å²) < 4.78 is 0. The largest absolute Gasteiger partial charge is 0.478 e. The van der Waals surface area contributed by atoms with E-state index in [-0.39, 0.29) is 11.5 Å². The third kappa shape index (κ3) is 3.21. The minimum Gasteiger partial charge on any atom is -0.478 e. The minimum absolute atomic E-state index is 0.0689. The van der Waals surface area contributed by atoms with E-state index in [1.807, 2.05) is 13.8 Å². The zero-order chi connectivity index (χ0) is 14.8. The lowest BCUT2D eigenvalue weighted by atomic mass is 9.87. The normalized spacial score (nSPS) is 13.9. The predicted molar refractivity (Wildman–Crippen MR) is 72.0 cm³/mol. The number of hydrogen-bond acceptors (Lipinski definition) is 4. The van der Waals surface area contributed by atoms with Crippen molar-refractivity contribution in [2.75, 3.05) is 5.32 Å². The molecule has 6 heteroatoms. The van der Waals surface area contributed by atoms with Crippen molar-refractivity contribution in [1.82, 2.24) is 4.98 Å². The Bertz CT molecular complexity index is 514. The highest BCUT2D eigenvalue weighted by molar-refractivity contribution is 5.90. The maximum atomic E-state index is 11.6. The lowest BCUT2D eigenvalue weighted by molar-refractivity contribution is -0.123. The predicted octanol–water partition coefficient (Wildman–Crippen LogP) is 1.40. The molecule has 104 valence electrons. The first kappa shape index (κ1) is 14.9. The lowest BCUT2D eigenvalue weighted by Gasteiger charge is -2.32. The fourth-order valence-corrected chi connectivity index (χ4v) is 1.61. The molecule has 0 aliphatic heterocycles. The van der Waals surface area contributed by atoms with Crippen molar-refractivity contribution in [3.05, 3.63) is 23.4 Å². The number of carbonyl (C=O) groups excluding carboxylic acids is 1. The van der Waals surface area contributed by atoms with Gasteiger partial charge in [0.05, 0.1) is 5.56 Å². The first-order valence-electron chi connectivity index (χ1n) is 5.97. The maximum Gasteiger partial charge on any atom is 0.335 e. The van der Waals surface area contributed by atoms with E-state index in [4.69, 9.17) is 10.8 Å². The van der Waals surface area contributed by atoms with Crippen molar-refractivity contribution in [2.24, 2.45) is 11.7 Å². The number of carbonyl (C=O) groups is 2. The van der Waals surface area contributed by atoms with Gasteiger partial charge in [0.1, 0.15) is 11.4 Å². The molecular formula is C13H19N3O3. The summed E-state index contributed by atoms with van der Waals surface area (Å²) in [7, 11) is 0. The Balaban J connectivity index is 3.17. The first-order chi connectivity index (χ1) is 8.66. The Kier molecular flexibility index (Phi) is 4.14. The summed E-state index contributed by atoms with van der Waals surface area (Å²) in [6.45, 7) is 7.07. The van der Waals surface area contributed by atoms with Crippen LogP contribution in [0.4, 0.5) is 5.82 Å². The van der Waals surface area contributed by atoms with Crippen molar-refractivity contribution in [3.63, 3.8) is 0 Å². The van der Waals surface area contributed by atoms with Crippen molar-refractivity contribution in [2.45, 2.75) is 33.2 Å². The van der Waals surface area contributed by atoms with E-state index in [1.54, 1.807) is 13.8 Å². The summed E-state index contributed by atoms with van der Waals surface area (Å²) in [6, 6.07) is 2.85. The van der Waals surface area contributed by atoms with Gasteiger partial charge in [0.15, 0.2) is 0 Å². The second-order valence-electron chi connectivity index (χ2n) is 5.03. The smallest absolute Gasteiger partial charge is 0.335 e. The van der Waals surface area contributed by atoms with Crippen molar-refractivity contribution in [1.29, 1.82) is 0 Å². The molecule has 0 radical (unpaired) electrons. The van der Waals surface area contributed by atoms with Crippen LogP contribution in [0.1, 0.15) is 36.8 Å². The molecule has 0 aliphatic carbocycles. The third-order valence-corrected chi connectivity index (χ3v) is 3.25. The zero-order valence-electron chi connectivity index (χ0n) is 11.5. The molecule has 1 amide bonds. The standard InChI is InChI=1S/C13H19N3O3/c1-7(2)13(4,12(14)19)16-10-6-9(11(17)18)5-8(3)15-10/h5-7H,1-4H3,(H2,14,19)(H,15,16)(H,17,18). The number of nitrogens with two attached hydrogens (primary N) is 1. The van der Waals surface area contributed by atoms with Crippen LogP contribution in [0.5, 0.6) is 0 Å². The molecule has 4 N–H and O–H groups in total. The number of amides is 1. The van der Waals surface area contributed by atoms with E-state index in [0.717, 1.165) is 0 Å². The summed E-state index contributed by atoms with van der Waals surface area (Å²) in [4.78, 5) is 26.8. The van der Waals surface area contributed by atoms with Gasteiger partial charge in [0.2, 0.25) is 5.91 Å². The second-order valence-corrected chi connectivity index (χ2v) is 5.03. The molecule has 1 unspecified atom stereocenters. The zero-order valence-corrected chi connectivity index (χ0v) is 11.5. The number of nitrogens with one attached hydrogen (secondary N) is 1. The quantitative estimate of drug-likeness (QED) is 0.746. The molecule has 1 atom stereocenters. The molecule has 1 heterocycles. The number of carboxylic acid groups (broad SMARTS) is 1. The highest BCUT2D eigenvalue weighted by Gasteiger charge is 2.35. The number of rotatable bonds is 5. The van der Waals surface area contributed by atoms with Gasteiger partial charge >= 0.3 is 5.97 Å². The topological polar surface area (TPSA) is 105 Å². The van der Waals surface area contributed by atoms with Gasteiger partial charge in [0, 0.05) is 5.69 Å². The summed E-state index contributed by atoms with van der Waals surface area (Å²) >= 11 is 0. The summed E-state index contributed by atoms with van der Waals surface area (Å²) in [5.74, 6) is -1.30. The number of anilines is 1. The van der Waals surface area contributed by atoms with Crippen LogP contribution >= 0.6 is 0 Å². The number of hydrogen-bond donors (Lipinski definition) is 3.